The fraction of sp³-hybridized carbons (Fsp3) is 0.444. The van der Waals surface area contributed by atoms with Crippen molar-refractivity contribution in [3.63, 3.8) is 0 Å². The summed E-state index contributed by atoms with van der Waals surface area (Å²) in [6.07, 6.45) is 9.08. The zero-order valence-electron chi connectivity index (χ0n) is 12.8. The molecule has 3 nitrogen and oxygen atoms in total. The van der Waals surface area contributed by atoms with Crippen LogP contribution in [0.15, 0.2) is 42.0 Å². The van der Waals surface area contributed by atoms with Crippen LogP contribution >= 0.6 is 11.3 Å². The molecule has 116 valence electrons. The predicted octanol–water partition coefficient (Wildman–Crippen LogP) is 3.90. The molecule has 0 bridgehead atoms. The van der Waals surface area contributed by atoms with Gasteiger partial charge in [-0.1, -0.05) is 25.0 Å². The Bertz CT molecular complexity index is 576. The minimum atomic E-state index is 0.236. The summed E-state index contributed by atoms with van der Waals surface area (Å²) in [6.45, 7) is 1.47. The van der Waals surface area contributed by atoms with Crippen molar-refractivity contribution in [2.24, 2.45) is 5.92 Å². The van der Waals surface area contributed by atoms with E-state index >= 15 is 0 Å². The Morgan fingerprint density at radius 1 is 1.27 bits per heavy atom. The van der Waals surface area contributed by atoms with Gasteiger partial charge in [-0.05, 0) is 42.3 Å². The van der Waals surface area contributed by atoms with E-state index in [4.69, 9.17) is 0 Å². The van der Waals surface area contributed by atoms with Crippen molar-refractivity contribution in [1.82, 2.24) is 9.88 Å². The molecule has 0 radical (unpaired) electrons. The molecular weight excluding hydrogens is 292 g/mol. The number of carbonyl (C=O) groups excluding carboxylic acids is 1. The van der Waals surface area contributed by atoms with Gasteiger partial charge in [-0.15, -0.1) is 11.3 Å². The molecule has 0 saturated heterocycles. The molecule has 2 aromatic rings. The van der Waals surface area contributed by atoms with Crippen LogP contribution in [0, 0.1) is 5.92 Å². The Balaban J connectivity index is 1.67. The third-order valence-electron chi connectivity index (χ3n) is 4.32. The molecule has 1 saturated carbocycles. The third kappa shape index (κ3) is 3.95. The van der Waals surface area contributed by atoms with Crippen LogP contribution in [0.1, 0.15) is 36.1 Å². The summed E-state index contributed by atoms with van der Waals surface area (Å²) in [6, 6.07) is 8.21. The lowest BCUT2D eigenvalue weighted by Gasteiger charge is -2.25. The Morgan fingerprint density at radius 3 is 2.82 bits per heavy atom. The average molecular weight is 314 g/mol. The van der Waals surface area contributed by atoms with E-state index in [0.29, 0.717) is 12.5 Å². The maximum atomic E-state index is 12.8. The molecule has 4 heteroatoms. The van der Waals surface area contributed by atoms with Crippen molar-refractivity contribution in [3.8, 4) is 0 Å². The SMILES string of the molecule is O=C(C1CCCC1)N(CCc1cccs1)Cc1cccnc1. The number of carbonyl (C=O) groups is 1. The smallest absolute Gasteiger partial charge is 0.225 e. The predicted molar refractivity (Wildman–Crippen MR) is 89.6 cm³/mol. The molecule has 1 amide bonds. The molecule has 0 unspecified atom stereocenters. The van der Waals surface area contributed by atoms with E-state index in [9.17, 15) is 4.79 Å². The summed E-state index contributed by atoms with van der Waals surface area (Å²) in [5.41, 5.74) is 1.11. The molecule has 1 fully saturated rings. The van der Waals surface area contributed by atoms with E-state index in [-0.39, 0.29) is 5.92 Å². The molecule has 0 atom stereocenters. The van der Waals surface area contributed by atoms with Crippen molar-refractivity contribution >= 4 is 17.2 Å². The number of hydrogen-bond acceptors (Lipinski definition) is 3. The monoisotopic (exact) mass is 314 g/mol. The van der Waals surface area contributed by atoms with Gasteiger partial charge in [0.1, 0.15) is 0 Å². The molecule has 22 heavy (non-hydrogen) atoms. The van der Waals surface area contributed by atoms with Crippen LogP contribution in [-0.4, -0.2) is 22.3 Å². The highest BCUT2D eigenvalue weighted by molar-refractivity contribution is 7.09. The maximum absolute atomic E-state index is 12.8. The van der Waals surface area contributed by atoms with Gasteiger partial charge in [0.2, 0.25) is 5.91 Å². The van der Waals surface area contributed by atoms with Gasteiger partial charge in [0.25, 0.3) is 0 Å². The molecule has 2 heterocycles. The highest BCUT2D eigenvalue weighted by atomic mass is 32.1. The molecule has 3 rings (SSSR count). The Kier molecular flexibility index (Phi) is 5.22. The topological polar surface area (TPSA) is 33.2 Å². The van der Waals surface area contributed by atoms with Gasteiger partial charge in [-0.3, -0.25) is 9.78 Å². The zero-order valence-corrected chi connectivity index (χ0v) is 13.6. The van der Waals surface area contributed by atoms with Crippen LogP contribution in [0.25, 0.3) is 0 Å². The summed E-state index contributed by atoms with van der Waals surface area (Å²) in [4.78, 5) is 20.4. The van der Waals surface area contributed by atoms with E-state index < -0.39 is 0 Å². The van der Waals surface area contributed by atoms with Crippen LogP contribution in [0.3, 0.4) is 0 Å². The fourth-order valence-corrected chi connectivity index (χ4v) is 3.81. The number of hydrogen-bond donors (Lipinski definition) is 0. The summed E-state index contributed by atoms with van der Waals surface area (Å²) in [5, 5.41) is 2.10. The normalized spacial score (nSPS) is 15.1. The quantitative estimate of drug-likeness (QED) is 0.810. The maximum Gasteiger partial charge on any atom is 0.225 e. The van der Waals surface area contributed by atoms with E-state index in [1.165, 1.54) is 17.7 Å². The minimum Gasteiger partial charge on any atom is -0.338 e. The van der Waals surface area contributed by atoms with Crippen LogP contribution in [0.5, 0.6) is 0 Å². The molecule has 0 aliphatic heterocycles. The van der Waals surface area contributed by atoms with Gasteiger partial charge in [-0.2, -0.15) is 0 Å². The second kappa shape index (κ2) is 7.54. The Morgan fingerprint density at radius 2 is 2.14 bits per heavy atom. The number of rotatable bonds is 6. The van der Waals surface area contributed by atoms with Crippen LogP contribution in [0.2, 0.25) is 0 Å². The standard InChI is InChI=1S/C18H22N2OS/c21-18(16-6-1-2-7-16)20(11-9-17-8-4-12-22-17)14-15-5-3-10-19-13-15/h3-5,8,10,12-13,16H,1-2,6-7,9,11,14H2. The average Bonchev–Trinajstić information content (AvgIpc) is 3.25. The Hall–Kier alpha value is -1.68. The van der Waals surface area contributed by atoms with Gasteiger partial charge >= 0.3 is 0 Å². The van der Waals surface area contributed by atoms with Crippen molar-refractivity contribution in [3.05, 3.63) is 52.5 Å². The number of aromatic nitrogens is 1. The number of thiophene rings is 1. The lowest BCUT2D eigenvalue weighted by Crippen LogP contribution is -2.36. The fourth-order valence-electron chi connectivity index (χ4n) is 3.11. The van der Waals surface area contributed by atoms with Crippen molar-refractivity contribution in [2.45, 2.75) is 38.6 Å². The van der Waals surface area contributed by atoms with Crippen molar-refractivity contribution in [2.75, 3.05) is 6.54 Å². The number of pyridine rings is 1. The molecule has 1 aliphatic rings. The van der Waals surface area contributed by atoms with Crippen molar-refractivity contribution < 1.29 is 4.79 Å². The van der Waals surface area contributed by atoms with Crippen LogP contribution in [0.4, 0.5) is 0 Å². The van der Waals surface area contributed by atoms with Crippen LogP contribution < -0.4 is 0 Å². The molecular formula is C18H22N2OS. The summed E-state index contributed by atoms with van der Waals surface area (Å²) < 4.78 is 0. The summed E-state index contributed by atoms with van der Waals surface area (Å²) in [7, 11) is 0. The highest BCUT2D eigenvalue weighted by Crippen LogP contribution is 2.27. The molecule has 0 spiro atoms. The van der Waals surface area contributed by atoms with E-state index in [1.807, 2.05) is 23.2 Å². The second-order valence-corrected chi connectivity index (χ2v) is 6.96. The van der Waals surface area contributed by atoms with Crippen LogP contribution in [-0.2, 0) is 17.8 Å². The van der Waals surface area contributed by atoms with Gasteiger partial charge in [0, 0.05) is 36.3 Å². The van der Waals surface area contributed by atoms with E-state index in [0.717, 1.165) is 31.4 Å². The third-order valence-corrected chi connectivity index (χ3v) is 5.26. The minimum absolute atomic E-state index is 0.236. The zero-order chi connectivity index (χ0) is 15.2. The van der Waals surface area contributed by atoms with Gasteiger partial charge in [0.15, 0.2) is 0 Å². The van der Waals surface area contributed by atoms with Gasteiger partial charge in [-0.25, -0.2) is 0 Å². The van der Waals surface area contributed by atoms with Gasteiger partial charge in [0.05, 0.1) is 0 Å². The first-order chi connectivity index (χ1) is 10.8. The van der Waals surface area contributed by atoms with Crippen molar-refractivity contribution in [1.29, 1.82) is 0 Å². The van der Waals surface area contributed by atoms with E-state index in [1.54, 1.807) is 17.5 Å². The molecule has 1 aliphatic carbocycles. The number of amides is 1. The summed E-state index contributed by atoms with van der Waals surface area (Å²) in [5.74, 6) is 0.568. The lowest BCUT2D eigenvalue weighted by atomic mass is 10.1. The van der Waals surface area contributed by atoms with E-state index in [2.05, 4.69) is 22.5 Å². The van der Waals surface area contributed by atoms with Gasteiger partial charge < -0.3 is 4.90 Å². The lowest BCUT2D eigenvalue weighted by molar-refractivity contribution is -0.136. The molecule has 0 aromatic carbocycles. The Labute approximate surface area is 136 Å². The first-order valence-corrected chi connectivity index (χ1v) is 8.91. The second-order valence-electron chi connectivity index (χ2n) is 5.93. The first kappa shape index (κ1) is 15.2. The number of nitrogens with zero attached hydrogens (tertiary/aromatic N) is 2. The summed E-state index contributed by atoms with van der Waals surface area (Å²) >= 11 is 1.76. The molecule has 0 N–H and O–H groups in total. The largest absolute Gasteiger partial charge is 0.338 e. The first-order valence-electron chi connectivity index (χ1n) is 8.03. The highest BCUT2D eigenvalue weighted by Gasteiger charge is 2.27. The molecule has 2 aromatic heterocycles.